The van der Waals surface area contributed by atoms with Crippen molar-refractivity contribution in [3.63, 3.8) is 0 Å². The van der Waals surface area contributed by atoms with Crippen LogP contribution in [0.4, 0.5) is 4.39 Å². The van der Waals surface area contributed by atoms with Crippen molar-refractivity contribution in [3.8, 4) is 0 Å². The van der Waals surface area contributed by atoms with Gasteiger partial charge in [0.15, 0.2) is 0 Å². The second-order valence-corrected chi connectivity index (χ2v) is 4.73. The van der Waals surface area contributed by atoms with Crippen molar-refractivity contribution >= 4 is 11.6 Å². The molecule has 0 aliphatic carbocycles. The maximum Gasteiger partial charge on any atom is 0.142 e. The number of nitrogens with zero attached hydrogens (tertiary/aromatic N) is 1. The van der Waals surface area contributed by atoms with Gasteiger partial charge >= 0.3 is 0 Å². The number of benzene rings is 1. The molecule has 0 aromatic heterocycles. The minimum Gasteiger partial charge on any atom is -0.314 e. The van der Waals surface area contributed by atoms with Gasteiger partial charge in [0, 0.05) is 32.2 Å². The SMILES string of the molecule is CC[C@H](c1cccc(F)c1Cl)N1CCNCC1. The summed E-state index contributed by atoms with van der Waals surface area (Å²) in [5.41, 5.74) is 0.913. The number of halogens is 2. The highest BCUT2D eigenvalue weighted by Crippen LogP contribution is 2.31. The van der Waals surface area contributed by atoms with Crippen LogP contribution in [0.2, 0.25) is 5.02 Å². The lowest BCUT2D eigenvalue weighted by molar-refractivity contribution is 0.169. The van der Waals surface area contributed by atoms with Crippen LogP contribution in [0.15, 0.2) is 18.2 Å². The summed E-state index contributed by atoms with van der Waals surface area (Å²) >= 11 is 6.07. The fourth-order valence-electron chi connectivity index (χ4n) is 2.45. The third kappa shape index (κ3) is 2.79. The molecule has 0 saturated carbocycles. The monoisotopic (exact) mass is 256 g/mol. The van der Waals surface area contributed by atoms with E-state index in [1.54, 1.807) is 6.07 Å². The zero-order chi connectivity index (χ0) is 12.3. The van der Waals surface area contributed by atoms with E-state index in [4.69, 9.17) is 11.6 Å². The molecule has 4 heteroatoms. The number of rotatable bonds is 3. The highest BCUT2D eigenvalue weighted by atomic mass is 35.5. The summed E-state index contributed by atoms with van der Waals surface area (Å²) in [5.74, 6) is -0.322. The zero-order valence-electron chi connectivity index (χ0n) is 10.0. The van der Waals surface area contributed by atoms with Crippen LogP contribution in [0.25, 0.3) is 0 Å². The van der Waals surface area contributed by atoms with Crippen molar-refractivity contribution in [2.24, 2.45) is 0 Å². The molecule has 17 heavy (non-hydrogen) atoms. The van der Waals surface area contributed by atoms with Crippen LogP contribution in [0.5, 0.6) is 0 Å². The summed E-state index contributed by atoms with van der Waals surface area (Å²) in [6.45, 7) is 6.08. The summed E-state index contributed by atoms with van der Waals surface area (Å²) < 4.78 is 13.5. The lowest BCUT2D eigenvalue weighted by Gasteiger charge is -2.35. The second-order valence-electron chi connectivity index (χ2n) is 4.35. The molecule has 0 unspecified atom stereocenters. The van der Waals surface area contributed by atoms with Gasteiger partial charge in [-0.25, -0.2) is 4.39 Å². The fourth-order valence-corrected chi connectivity index (χ4v) is 2.70. The Kier molecular flexibility index (Phi) is 4.37. The van der Waals surface area contributed by atoms with Crippen molar-refractivity contribution in [2.75, 3.05) is 26.2 Å². The van der Waals surface area contributed by atoms with Gasteiger partial charge in [0.05, 0.1) is 5.02 Å². The third-order valence-corrected chi connectivity index (χ3v) is 3.72. The van der Waals surface area contributed by atoms with Gasteiger partial charge < -0.3 is 5.32 Å². The van der Waals surface area contributed by atoms with E-state index in [0.717, 1.165) is 38.2 Å². The van der Waals surface area contributed by atoms with E-state index in [-0.39, 0.29) is 16.9 Å². The van der Waals surface area contributed by atoms with Crippen molar-refractivity contribution in [2.45, 2.75) is 19.4 Å². The molecule has 94 valence electrons. The Bertz CT molecular complexity index is 378. The fraction of sp³-hybridized carbons (Fsp3) is 0.538. The van der Waals surface area contributed by atoms with Crippen molar-refractivity contribution in [3.05, 3.63) is 34.6 Å². The number of hydrogen-bond acceptors (Lipinski definition) is 2. The Morgan fingerprint density at radius 3 is 2.76 bits per heavy atom. The molecule has 1 atom stereocenters. The molecule has 0 spiro atoms. The Balaban J connectivity index is 2.24. The predicted octanol–water partition coefficient (Wildman–Crippen LogP) is 2.84. The van der Waals surface area contributed by atoms with E-state index < -0.39 is 0 Å². The summed E-state index contributed by atoms with van der Waals surface area (Å²) in [6.07, 6.45) is 0.948. The largest absolute Gasteiger partial charge is 0.314 e. The van der Waals surface area contributed by atoms with Gasteiger partial charge in [0.25, 0.3) is 0 Å². The molecule has 1 heterocycles. The highest BCUT2D eigenvalue weighted by molar-refractivity contribution is 6.31. The van der Waals surface area contributed by atoms with Gasteiger partial charge in [-0.05, 0) is 18.1 Å². The van der Waals surface area contributed by atoms with Gasteiger partial charge in [-0.2, -0.15) is 0 Å². The first-order valence-electron chi connectivity index (χ1n) is 6.12. The minimum atomic E-state index is -0.322. The van der Waals surface area contributed by atoms with E-state index >= 15 is 0 Å². The van der Waals surface area contributed by atoms with Crippen LogP contribution in [-0.4, -0.2) is 31.1 Å². The second kappa shape index (κ2) is 5.80. The molecule has 1 N–H and O–H groups in total. The van der Waals surface area contributed by atoms with Crippen molar-refractivity contribution in [1.29, 1.82) is 0 Å². The number of piperazine rings is 1. The first kappa shape index (κ1) is 12.8. The maximum atomic E-state index is 13.5. The first-order valence-corrected chi connectivity index (χ1v) is 6.50. The lowest BCUT2D eigenvalue weighted by Crippen LogP contribution is -2.45. The topological polar surface area (TPSA) is 15.3 Å². The molecule has 1 fully saturated rings. The van der Waals surface area contributed by atoms with Crippen molar-refractivity contribution in [1.82, 2.24) is 10.2 Å². The first-order chi connectivity index (χ1) is 8.24. The van der Waals surface area contributed by atoms with E-state index in [9.17, 15) is 4.39 Å². The normalized spacial score (nSPS) is 19.2. The van der Waals surface area contributed by atoms with E-state index in [1.807, 2.05) is 6.07 Å². The molecule has 0 bridgehead atoms. The molecule has 0 amide bonds. The molecule has 1 aromatic rings. The average molecular weight is 257 g/mol. The molecular weight excluding hydrogens is 239 g/mol. The molecule has 2 nitrogen and oxygen atoms in total. The lowest BCUT2D eigenvalue weighted by atomic mass is 10.0. The smallest absolute Gasteiger partial charge is 0.142 e. The standard InChI is InChI=1S/C13H18ClFN2/c1-2-12(17-8-6-16-7-9-17)10-4-3-5-11(15)13(10)14/h3-5,12,16H,2,6-9H2,1H3/t12-/m1/s1. The Morgan fingerprint density at radius 1 is 1.41 bits per heavy atom. The molecule has 2 rings (SSSR count). The third-order valence-electron chi connectivity index (χ3n) is 3.32. The molecule has 1 saturated heterocycles. The van der Waals surface area contributed by atoms with Crippen LogP contribution < -0.4 is 5.32 Å². The van der Waals surface area contributed by atoms with Gasteiger partial charge in [-0.15, -0.1) is 0 Å². The van der Waals surface area contributed by atoms with Crippen LogP contribution in [0.1, 0.15) is 24.9 Å². The van der Waals surface area contributed by atoms with Crippen LogP contribution in [0, 0.1) is 5.82 Å². The van der Waals surface area contributed by atoms with E-state index in [1.165, 1.54) is 6.07 Å². The summed E-state index contributed by atoms with van der Waals surface area (Å²) in [6, 6.07) is 5.31. The van der Waals surface area contributed by atoms with Crippen molar-refractivity contribution < 1.29 is 4.39 Å². The number of hydrogen-bond donors (Lipinski definition) is 1. The quantitative estimate of drug-likeness (QED) is 0.895. The summed E-state index contributed by atoms with van der Waals surface area (Å²) in [7, 11) is 0. The Morgan fingerprint density at radius 2 is 2.12 bits per heavy atom. The van der Waals surface area contributed by atoms with Gasteiger partial charge in [-0.3, -0.25) is 4.90 Å². The van der Waals surface area contributed by atoms with E-state index in [0.29, 0.717) is 0 Å². The van der Waals surface area contributed by atoms with E-state index in [2.05, 4.69) is 17.1 Å². The Labute approximate surface area is 107 Å². The van der Waals surface area contributed by atoms with Crippen LogP contribution >= 0.6 is 11.6 Å². The molecule has 1 aromatic carbocycles. The summed E-state index contributed by atoms with van der Waals surface area (Å²) in [4.78, 5) is 2.37. The van der Waals surface area contributed by atoms with Crippen LogP contribution in [0.3, 0.4) is 0 Å². The molecule has 1 aliphatic rings. The van der Waals surface area contributed by atoms with Gasteiger partial charge in [0.2, 0.25) is 0 Å². The number of nitrogens with one attached hydrogen (secondary N) is 1. The molecular formula is C13H18ClFN2. The molecule has 0 radical (unpaired) electrons. The maximum absolute atomic E-state index is 13.5. The Hall–Kier alpha value is -0.640. The van der Waals surface area contributed by atoms with Gasteiger partial charge in [-0.1, -0.05) is 30.7 Å². The van der Waals surface area contributed by atoms with Crippen LogP contribution in [-0.2, 0) is 0 Å². The zero-order valence-corrected chi connectivity index (χ0v) is 10.8. The predicted molar refractivity (Wildman–Crippen MR) is 68.9 cm³/mol. The average Bonchev–Trinajstić information content (AvgIpc) is 2.37. The summed E-state index contributed by atoms with van der Waals surface area (Å²) in [5, 5.41) is 3.60. The molecule has 1 aliphatic heterocycles. The highest BCUT2D eigenvalue weighted by Gasteiger charge is 2.23. The van der Waals surface area contributed by atoms with Gasteiger partial charge in [0.1, 0.15) is 5.82 Å². The minimum absolute atomic E-state index is 0.222.